The molecule has 2 aliphatic rings. The number of fused-ring (bicyclic) bond motifs is 1. The summed E-state index contributed by atoms with van der Waals surface area (Å²) in [5.74, 6) is -0.447. The van der Waals surface area contributed by atoms with Crippen molar-refractivity contribution in [2.24, 2.45) is 0 Å². The summed E-state index contributed by atoms with van der Waals surface area (Å²) in [6.45, 7) is 1.82. The van der Waals surface area contributed by atoms with Gasteiger partial charge in [-0.1, -0.05) is 0 Å². The fourth-order valence-electron chi connectivity index (χ4n) is 3.57. The first kappa shape index (κ1) is 16.3. The standard InChI is InChI=1S/C15H21F3N4O/c1-2-22-13-5-3-4-11(10(13)8-19-22)20-12-6-7-21(14(12)23)9-15(16,17)18/h8,11-12,20H,2-7,9H2,1H3. The van der Waals surface area contributed by atoms with E-state index in [1.807, 2.05) is 17.8 Å². The molecule has 3 rings (SSSR count). The molecule has 1 saturated heterocycles. The maximum absolute atomic E-state index is 12.5. The Balaban J connectivity index is 1.67. The van der Waals surface area contributed by atoms with E-state index >= 15 is 0 Å². The lowest BCUT2D eigenvalue weighted by Gasteiger charge is -2.27. The van der Waals surface area contributed by atoms with Crippen LogP contribution in [0, 0.1) is 0 Å². The van der Waals surface area contributed by atoms with Crippen LogP contribution in [0.2, 0.25) is 0 Å². The zero-order valence-electron chi connectivity index (χ0n) is 13.1. The number of carbonyl (C=O) groups excluding carboxylic acids is 1. The van der Waals surface area contributed by atoms with Gasteiger partial charge in [-0.25, -0.2) is 0 Å². The summed E-state index contributed by atoms with van der Waals surface area (Å²) in [5.41, 5.74) is 2.26. The monoisotopic (exact) mass is 330 g/mol. The Morgan fingerprint density at radius 3 is 2.83 bits per heavy atom. The Morgan fingerprint density at radius 1 is 1.35 bits per heavy atom. The zero-order chi connectivity index (χ0) is 16.6. The SMILES string of the molecule is CCn1ncc2c1CCCC2NC1CCN(CC(F)(F)F)C1=O. The molecular weight excluding hydrogens is 309 g/mol. The van der Waals surface area contributed by atoms with Crippen LogP contribution in [0.15, 0.2) is 6.20 Å². The second kappa shape index (κ2) is 6.14. The van der Waals surface area contributed by atoms with Crippen molar-refractivity contribution < 1.29 is 18.0 Å². The van der Waals surface area contributed by atoms with Crippen molar-refractivity contribution in [1.82, 2.24) is 20.0 Å². The first-order valence-corrected chi connectivity index (χ1v) is 8.05. The maximum Gasteiger partial charge on any atom is 0.406 e. The number of alkyl halides is 3. The number of aryl methyl sites for hydroxylation is 1. The normalized spacial score (nSPS) is 25.0. The molecule has 1 aromatic heterocycles. The average Bonchev–Trinajstić information content (AvgIpc) is 3.04. The number of aromatic nitrogens is 2. The molecule has 2 atom stereocenters. The number of carbonyl (C=O) groups is 1. The third-order valence-corrected chi connectivity index (χ3v) is 4.63. The molecule has 0 bridgehead atoms. The van der Waals surface area contributed by atoms with Gasteiger partial charge in [0.1, 0.15) is 6.54 Å². The van der Waals surface area contributed by atoms with Crippen LogP contribution in [-0.2, 0) is 17.8 Å². The summed E-state index contributed by atoms with van der Waals surface area (Å²) in [6, 6.07) is -0.530. The van der Waals surface area contributed by atoms with Crippen molar-refractivity contribution >= 4 is 5.91 Å². The van der Waals surface area contributed by atoms with E-state index in [2.05, 4.69) is 10.4 Å². The highest BCUT2D eigenvalue weighted by molar-refractivity contribution is 5.84. The fourth-order valence-corrected chi connectivity index (χ4v) is 3.57. The minimum absolute atomic E-state index is 0.00108. The number of likely N-dealkylation sites (tertiary alicyclic amines) is 1. The first-order chi connectivity index (χ1) is 10.9. The van der Waals surface area contributed by atoms with Crippen LogP contribution in [0.3, 0.4) is 0 Å². The average molecular weight is 330 g/mol. The molecule has 0 saturated carbocycles. The van der Waals surface area contributed by atoms with Gasteiger partial charge in [0, 0.05) is 30.4 Å². The highest BCUT2D eigenvalue weighted by Gasteiger charge is 2.40. The molecule has 1 aliphatic carbocycles. The van der Waals surface area contributed by atoms with Gasteiger partial charge in [0.25, 0.3) is 0 Å². The molecule has 0 radical (unpaired) electrons. The number of hydrogen-bond acceptors (Lipinski definition) is 3. The summed E-state index contributed by atoms with van der Waals surface area (Å²) in [4.78, 5) is 13.1. The summed E-state index contributed by atoms with van der Waals surface area (Å²) < 4.78 is 39.4. The van der Waals surface area contributed by atoms with Gasteiger partial charge >= 0.3 is 6.18 Å². The van der Waals surface area contributed by atoms with Gasteiger partial charge in [-0.15, -0.1) is 0 Å². The Kier molecular flexibility index (Phi) is 4.35. The largest absolute Gasteiger partial charge is 0.406 e. The van der Waals surface area contributed by atoms with E-state index in [1.165, 1.54) is 5.69 Å². The third kappa shape index (κ3) is 3.36. The molecular formula is C15H21F3N4O. The fraction of sp³-hybridized carbons (Fsp3) is 0.733. The van der Waals surface area contributed by atoms with Crippen LogP contribution in [0.5, 0.6) is 0 Å². The Labute approximate surface area is 132 Å². The van der Waals surface area contributed by atoms with Crippen molar-refractivity contribution in [3.05, 3.63) is 17.5 Å². The van der Waals surface area contributed by atoms with Crippen LogP contribution < -0.4 is 5.32 Å². The van der Waals surface area contributed by atoms with Crippen LogP contribution in [0.1, 0.15) is 43.5 Å². The molecule has 23 heavy (non-hydrogen) atoms. The second-order valence-corrected chi connectivity index (χ2v) is 6.19. The van der Waals surface area contributed by atoms with Crippen molar-refractivity contribution in [3.8, 4) is 0 Å². The Hall–Kier alpha value is -1.57. The van der Waals surface area contributed by atoms with Gasteiger partial charge in [0.15, 0.2) is 0 Å². The molecule has 1 N–H and O–H groups in total. The number of rotatable bonds is 4. The first-order valence-electron chi connectivity index (χ1n) is 8.05. The molecule has 0 aromatic carbocycles. The highest BCUT2D eigenvalue weighted by Crippen LogP contribution is 2.31. The molecule has 0 spiro atoms. The summed E-state index contributed by atoms with van der Waals surface area (Å²) in [6.07, 6.45) is 0.727. The van der Waals surface area contributed by atoms with E-state index in [1.54, 1.807) is 0 Å². The van der Waals surface area contributed by atoms with Crippen LogP contribution in [0.25, 0.3) is 0 Å². The van der Waals surface area contributed by atoms with Crippen molar-refractivity contribution in [3.63, 3.8) is 0 Å². The molecule has 1 amide bonds. The molecule has 1 aliphatic heterocycles. The van der Waals surface area contributed by atoms with E-state index in [0.717, 1.165) is 36.3 Å². The van der Waals surface area contributed by atoms with E-state index in [-0.39, 0.29) is 12.6 Å². The van der Waals surface area contributed by atoms with Gasteiger partial charge in [-0.3, -0.25) is 14.8 Å². The number of halogens is 3. The second-order valence-electron chi connectivity index (χ2n) is 6.19. The summed E-state index contributed by atoms with van der Waals surface area (Å²) in [7, 11) is 0. The smallest absolute Gasteiger partial charge is 0.332 e. The lowest BCUT2D eigenvalue weighted by atomic mass is 9.92. The number of amides is 1. The van der Waals surface area contributed by atoms with Gasteiger partial charge in [-0.05, 0) is 32.6 Å². The molecule has 5 nitrogen and oxygen atoms in total. The summed E-state index contributed by atoms with van der Waals surface area (Å²) >= 11 is 0. The number of nitrogens with one attached hydrogen (secondary N) is 1. The molecule has 2 unspecified atom stereocenters. The highest BCUT2D eigenvalue weighted by atomic mass is 19.4. The Bertz CT molecular complexity index is 584. The van der Waals surface area contributed by atoms with Gasteiger partial charge in [0.2, 0.25) is 5.91 Å². The maximum atomic E-state index is 12.5. The van der Waals surface area contributed by atoms with E-state index in [4.69, 9.17) is 0 Å². The third-order valence-electron chi connectivity index (χ3n) is 4.63. The molecule has 1 aromatic rings. The van der Waals surface area contributed by atoms with Crippen LogP contribution in [-0.4, -0.2) is 45.9 Å². The van der Waals surface area contributed by atoms with E-state index in [0.29, 0.717) is 6.42 Å². The van der Waals surface area contributed by atoms with E-state index in [9.17, 15) is 18.0 Å². The predicted molar refractivity (Wildman–Crippen MR) is 77.8 cm³/mol. The van der Waals surface area contributed by atoms with Crippen molar-refractivity contribution in [2.45, 2.75) is 57.4 Å². The van der Waals surface area contributed by atoms with Gasteiger partial charge < -0.3 is 4.90 Å². The molecule has 2 heterocycles. The van der Waals surface area contributed by atoms with Gasteiger partial charge in [-0.2, -0.15) is 18.3 Å². The van der Waals surface area contributed by atoms with E-state index < -0.39 is 24.7 Å². The minimum atomic E-state index is -4.34. The van der Waals surface area contributed by atoms with Crippen LogP contribution >= 0.6 is 0 Å². The molecule has 8 heteroatoms. The lowest BCUT2D eigenvalue weighted by Crippen LogP contribution is -2.43. The quantitative estimate of drug-likeness (QED) is 0.919. The topological polar surface area (TPSA) is 50.2 Å². The number of hydrogen-bond donors (Lipinski definition) is 1. The van der Waals surface area contributed by atoms with Crippen LogP contribution in [0.4, 0.5) is 13.2 Å². The predicted octanol–water partition coefficient (Wildman–Crippen LogP) is 2.03. The lowest BCUT2D eigenvalue weighted by molar-refractivity contribution is -0.158. The Morgan fingerprint density at radius 2 is 2.13 bits per heavy atom. The summed E-state index contributed by atoms with van der Waals surface area (Å²) in [5, 5.41) is 7.62. The van der Waals surface area contributed by atoms with Crippen molar-refractivity contribution in [1.29, 1.82) is 0 Å². The van der Waals surface area contributed by atoms with Gasteiger partial charge in [0.05, 0.1) is 12.2 Å². The zero-order valence-corrected chi connectivity index (χ0v) is 13.1. The number of nitrogens with zero attached hydrogens (tertiary/aromatic N) is 3. The minimum Gasteiger partial charge on any atom is -0.332 e. The molecule has 128 valence electrons. The van der Waals surface area contributed by atoms with Crippen molar-refractivity contribution in [2.75, 3.05) is 13.1 Å². The molecule has 1 fully saturated rings.